The molecule has 0 radical (unpaired) electrons. The van der Waals surface area contributed by atoms with Gasteiger partial charge in [-0.15, -0.1) is 0 Å². The zero-order valence-electron chi connectivity index (χ0n) is 14.4. The van der Waals surface area contributed by atoms with Gasteiger partial charge in [0.2, 0.25) is 0 Å². The molecule has 0 fully saturated rings. The molecular weight excluding hydrogens is 336 g/mol. The number of anilines is 1. The minimum Gasteiger partial charge on any atom is -0.497 e. The molecule has 0 bridgehead atoms. The number of carbonyl (C=O) groups is 1. The number of rotatable bonds is 5. The van der Waals surface area contributed by atoms with Crippen LogP contribution in [0.2, 0.25) is 0 Å². The summed E-state index contributed by atoms with van der Waals surface area (Å²) in [4.78, 5) is 12.6. The summed E-state index contributed by atoms with van der Waals surface area (Å²) in [5.41, 5.74) is 0.931. The van der Waals surface area contributed by atoms with Gasteiger partial charge in [-0.1, -0.05) is 6.07 Å². The number of nitrogens with zero attached hydrogens (tertiary/aromatic N) is 1. The molecule has 7 nitrogen and oxygen atoms in total. The van der Waals surface area contributed by atoms with Crippen LogP contribution in [0.3, 0.4) is 0 Å². The third kappa shape index (κ3) is 3.61. The van der Waals surface area contributed by atoms with E-state index in [1.165, 1.54) is 0 Å². The Kier molecular flexibility index (Phi) is 5.07. The van der Waals surface area contributed by atoms with Crippen LogP contribution in [0.1, 0.15) is 17.3 Å². The van der Waals surface area contributed by atoms with Gasteiger partial charge in [0.15, 0.2) is 0 Å². The standard InChI is InChI=1S/C19H18N2O5/c1-3-25-15-6-4-5-13(11-15)20-18(22)16-10-12-9-14(24-2)7-8-17(12)26-19(16)21-23/h4-11,23H,3H2,1-2H3,(H,20,22)/b21-19-. The summed E-state index contributed by atoms with van der Waals surface area (Å²) in [6.07, 6.45) is 0. The first-order valence-corrected chi connectivity index (χ1v) is 7.99. The molecule has 2 aromatic carbocycles. The van der Waals surface area contributed by atoms with Crippen LogP contribution in [-0.4, -0.2) is 24.8 Å². The van der Waals surface area contributed by atoms with Gasteiger partial charge in [-0.2, -0.15) is 0 Å². The summed E-state index contributed by atoms with van der Waals surface area (Å²) in [5.74, 6) is 0.794. The van der Waals surface area contributed by atoms with E-state index < -0.39 is 5.91 Å². The van der Waals surface area contributed by atoms with E-state index in [0.717, 1.165) is 0 Å². The first kappa shape index (κ1) is 17.3. The quantitative estimate of drug-likeness (QED) is 0.541. The van der Waals surface area contributed by atoms with Crippen molar-refractivity contribution in [3.05, 3.63) is 59.6 Å². The topological polar surface area (TPSA) is 93.3 Å². The molecule has 7 heteroatoms. The minimum atomic E-state index is -0.472. The van der Waals surface area contributed by atoms with E-state index in [4.69, 9.17) is 13.9 Å². The average molecular weight is 354 g/mol. The summed E-state index contributed by atoms with van der Waals surface area (Å²) in [7, 11) is 1.55. The Morgan fingerprint density at radius 3 is 2.77 bits per heavy atom. The molecule has 0 spiro atoms. The molecule has 0 aliphatic carbocycles. The molecule has 1 aromatic heterocycles. The van der Waals surface area contributed by atoms with Crippen LogP contribution in [0.4, 0.5) is 5.69 Å². The van der Waals surface area contributed by atoms with E-state index in [1.807, 2.05) is 6.92 Å². The van der Waals surface area contributed by atoms with Crippen molar-refractivity contribution >= 4 is 22.6 Å². The Bertz CT molecular complexity index is 1010. The van der Waals surface area contributed by atoms with Gasteiger partial charge in [-0.25, -0.2) is 0 Å². The van der Waals surface area contributed by atoms with Crippen molar-refractivity contribution in [2.24, 2.45) is 5.16 Å². The number of methoxy groups -OCH3 is 1. The molecule has 3 aromatic rings. The highest BCUT2D eigenvalue weighted by Gasteiger charge is 2.14. The summed E-state index contributed by atoms with van der Waals surface area (Å²) in [6.45, 7) is 2.40. The van der Waals surface area contributed by atoms with Crippen molar-refractivity contribution < 1.29 is 23.9 Å². The monoisotopic (exact) mass is 354 g/mol. The second-order valence-electron chi connectivity index (χ2n) is 5.38. The Balaban J connectivity index is 1.97. The maximum atomic E-state index is 12.6. The molecule has 134 valence electrons. The Hall–Kier alpha value is -3.48. The van der Waals surface area contributed by atoms with E-state index in [9.17, 15) is 10.0 Å². The Morgan fingerprint density at radius 1 is 1.19 bits per heavy atom. The van der Waals surface area contributed by atoms with E-state index in [1.54, 1.807) is 55.6 Å². The molecule has 26 heavy (non-hydrogen) atoms. The molecule has 0 aliphatic rings. The number of carbonyl (C=O) groups excluding carboxylic acids is 1. The SMILES string of the molecule is CCOc1cccc(NC(=O)c2cc3cc(OC)ccc3o/c2=N\O)c1. The fourth-order valence-electron chi connectivity index (χ4n) is 2.50. The third-order valence-electron chi connectivity index (χ3n) is 3.69. The molecular formula is C19H18N2O5. The highest BCUT2D eigenvalue weighted by Crippen LogP contribution is 2.21. The second kappa shape index (κ2) is 7.60. The third-order valence-corrected chi connectivity index (χ3v) is 3.69. The van der Waals surface area contributed by atoms with Crippen LogP contribution < -0.4 is 20.3 Å². The highest BCUT2D eigenvalue weighted by atomic mass is 16.5. The highest BCUT2D eigenvalue weighted by molar-refractivity contribution is 6.05. The number of ether oxygens (including phenoxy) is 2. The molecule has 0 aliphatic heterocycles. The van der Waals surface area contributed by atoms with Crippen LogP contribution in [0.25, 0.3) is 11.0 Å². The summed E-state index contributed by atoms with van der Waals surface area (Å²) in [6, 6.07) is 13.7. The summed E-state index contributed by atoms with van der Waals surface area (Å²) >= 11 is 0. The summed E-state index contributed by atoms with van der Waals surface area (Å²) < 4.78 is 16.1. The first-order valence-electron chi connectivity index (χ1n) is 7.99. The number of benzene rings is 2. The van der Waals surface area contributed by atoms with Crippen molar-refractivity contribution in [1.82, 2.24) is 0 Å². The van der Waals surface area contributed by atoms with Crippen molar-refractivity contribution in [2.75, 3.05) is 19.0 Å². The van der Waals surface area contributed by atoms with Crippen molar-refractivity contribution in [3.63, 3.8) is 0 Å². The fourth-order valence-corrected chi connectivity index (χ4v) is 2.50. The van der Waals surface area contributed by atoms with Crippen LogP contribution in [0, 0.1) is 0 Å². The average Bonchev–Trinajstić information content (AvgIpc) is 2.67. The first-order chi connectivity index (χ1) is 12.6. The normalized spacial score (nSPS) is 11.4. The van der Waals surface area contributed by atoms with Crippen molar-refractivity contribution in [3.8, 4) is 11.5 Å². The van der Waals surface area contributed by atoms with E-state index in [0.29, 0.717) is 34.8 Å². The Morgan fingerprint density at radius 2 is 2.04 bits per heavy atom. The number of hydrogen-bond acceptors (Lipinski definition) is 6. The van der Waals surface area contributed by atoms with Gasteiger partial charge in [-0.3, -0.25) is 4.79 Å². The maximum Gasteiger partial charge on any atom is 0.268 e. The van der Waals surface area contributed by atoms with Crippen LogP contribution in [0.5, 0.6) is 11.5 Å². The fraction of sp³-hybridized carbons (Fsp3) is 0.158. The lowest BCUT2D eigenvalue weighted by atomic mass is 10.1. The lowest BCUT2D eigenvalue weighted by Gasteiger charge is -2.09. The van der Waals surface area contributed by atoms with E-state index in [-0.39, 0.29) is 11.1 Å². The predicted molar refractivity (Wildman–Crippen MR) is 95.7 cm³/mol. The van der Waals surface area contributed by atoms with Crippen molar-refractivity contribution in [2.45, 2.75) is 6.92 Å². The molecule has 0 saturated carbocycles. The van der Waals surface area contributed by atoms with Crippen LogP contribution in [0.15, 0.2) is 58.1 Å². The van der Waals surface area contributed by atoms with Gasteiger partial charge in [-0.05, 0) is 48.5 Å². The maximum absolute atomic E-state index is 12.6. The van der Waals surface area contributed by atoms with E-state index >= 15 is 0 Å². The number of hydrogen-bond donors (Lipinski definition) is 2. The van der Waals surface area contributed by atoms with Crippen molar-refractivity contribution in [1.29, 1.82) is 0 Å². The van der Waals surface area contributed by atoms with Gasteiger partial charge < -0.3 is 24.4 Å². The smallest absolute Gasteiger partial charge is 0.268 e. The molecule has 1 amide bonds. The predicted octanol–water partition coefficient (Wildman–Crippen LogP) is 3.38. The lowest BCUT2D eigenvalue weighted by molar-refractivity contribution is 0.102. The van der Waals surface area contributed by atoms with Gasteiger partial charge >= 0.3 is 0 Å². The van der Waals surface area contributed by atoms with Crippen LogP contribution >= 0.6 is 0 Å². The lowest BCUT2D eigenvalue weighted by Crippen LogP contribution is -2.21. The van der Waals surface area contributed by atoms with Crippen LogP contribution in [-0.2, 0) is 0 Å². The van der Waals surface area contributed by atoms with Gasteiger partial charge in [0.1, 0.15) is 22.6 Å². The minimum absolute atomic E-state index is 0.0927. The molecule has 0 unspecified atom stereocenters. The molecule has 0 atom stereocenters. The number of fused-ring (bicyclic) bond motifs is 1. The van der Waals surface area contributed by atoms with Gasteiger partial charge in [0.25, 0.3) is 11.5 Å². The largest absolute Gasteiger partial charge is 0.497 e. The summed E-state index contributed by atoms with van der Waals surface area (Å²) in [5, 5.41) is 15.7. The second-order valence-corrected chi connectivity index (χ2v) is 5.38. The molecule has 3 rings (SSSR count). The zero-order valence-corrected chi connectivity index (χ0v) is 14.4. The van der Waals surface area contributed by atoms with Gasteiger partial charge in [0, 0.05) is 17.1 Å². The number of nitrogens with one attached hydrogen (secondary N) is 1. The number of amides is 1. The molecule has 2 N–H and O–H groups in total. The Labute approximate surface area is 149 Å². The zero-order chi connectivity index (χ0) is 18.5. The van der Waals surface area contributed by atoms with E-state index in [2.05, 4.69) is 10.5 Å². The molecule has 0 saturated heterocycles. The van der Waals surface area contributed by atoms with Gasteiger partial charge in [0.05, 0.1) is 13.7 Å². The molecule has 1 heterocycles.